The predicted molar refractivity (Wildman–Crippen MR) is 59.6 cm³/mol. The van der Waals surface area contributed by atoms with Crippen molar-refractivity contribution < 1.29 is 5.11 Å². The van der Waals surface area contributed by atoms with Gasteiger partial charge in [0, 0.05) is 22.2 Å². The molecule has 0 spiro atoms. The van der Waals surface area contributed by atoms with E-state index in [-0.39, 0.29) is 0 Å². The van der Waals surface area contributed by atoms with Gasteiger partial charge < -0.3 is 10.4 Å². The Labute approximate surface area is 89.0 Å². The molecule has 0 saturated carbocycles. The molecule has 2 atom stereocenters. The van der Waals surface area contributed by atoms with Crippen LogP contribution in [-0.4, -0.2) is 18.2 Å². The summed E-state index contributed by atoms with van der Waals surface area (Å²) in [6, 6.07) is 4.13. The molecule has 14 heavy (non-hydrogen) atoms. The lowest BCUT2D eigenvalue weighted by Crippen LogP contribution is -2.32. The normalized spacial score (nSPS) is 26.4. The van der Waals surface area contributed by atoms with Gasteiger partial charge in [0.1, 0.15) is 0 Å². The molecule has 0 amide bonds. The van der Waals surface area contributed by atoms with E-state index < -0.39 is 5.60 Å². The van der Waals surface area contributed by atoms with E-state index in [4.69, 9.17) is 0 Å². The lowest BCUT2D eigenvalue weighted by Gasteiger charge is -2.28. The van der Waals surface area contributed by atoms with Crippen LogP contribution in [0, 0.1) is 12.8 Å². The zero-order valence-electron chi connectivity index (χ0n) is 8.71. The van der Waals surface area contributed by atoms with Crippen LogP contribution >= 0.6 is 11.3 Å². The lowest BCUT2D eigenvalue weighted by atomic mass is 9.87. The molecule has 1 aromatic heterocycles. The third-order valence-electron chi connectivity index (χ3n) is 3.09. The van der Waals surface area contributed by atoms with Crippen LogP contribution in [-0.2, 0) is 5.60 Å². The summed E-state index contributed by atoms with van der Waals surface area (Å²) in [6.07, 6.45) is 1.07. The Bertz CT molecular complexity index is 313. The van der Waals surface area contributed by atoms with Crippen LogP contribution in [0.2, 0.25) is 0 Å². The smallest absolute Gasteiger partial charge is 0.1000 e. The molecule has 1 aliphatic heterocycles. The van der Waals surface area contributed by atoms with Gasteiger partial charge in [-0.05, 0) is 38.9 Å². The molecule has 1 aromatic rings. The van der Waals surface area contributed by atoms with Crippen molar-refractivity contribution in [3.63, 3.8) is 0 Å². The van der Waals surface area contributed by atoms with Crippen LogP contribution in [0.5, 0.6) is 0 Å². The zero-order valence-corrected chi connectivity index (χ0v) is 9.53. The molecule has 2 unspecified atom stereocenters. The maximum Gasteiger partial charge on any atom is 0.1000 e. The van der Waals surface area contributed by atoms with Crippen molar-refractivity contribution in [2.75, 3.05) is 13.1 Å². The predicted octanol–water partition coefficient (Wildman–Crippen LogP) is 1.87. The van der Waals surface area contributed by atoms with Crippen LogP contribution in [0.3, 0.4) is 0 Å². The first-order valence-electron chi connectivity index (χ1n) is 5.10. The van der Waals surface area contributed by atoms with Gasteiger partial charge in [-0.25, -0.2) is 0 Å². The molecule has 2 N–H and O–H groups in total. The van der Waals surface area contributed by atoms with E-state index in [0.29, 0.717) is 5.92 Å². The summed E-state index contributed by atoms with van der Waals surface area (Å²) in [4.78, 5) is 2.37. The zero-order chi connectivity index (χ0) is 10.2. The SMILES string of the molecule is Cc1ccc(C(C)(O)C2CCNC2)s1. The topological polar surface area (TPSA) is 32.3 Å². The average molecular weight is 211 g/mol. The second-order valence-electron chi connectivity index (χ2n) is 4.25. The average Bonchev–Trinajstić information content (AvgIpc) is 2.72. The Morgan fingerprint density at radius 2 is 2.36 bits per heavy atom. The van der Waals surface area contributed by atoms with Gasteiger partial charge in [-0.15, -0.1) is 11.3 Å². The molecular formula is C11H17NOS. The molecule has 0 aliphatic carbocycles. The van der Waals surface area contributed by atoms with Crippen LogP contribution in [0.15, 0.2) is 12.1 Å². The Balaban J connectivity index is 2.22. The maximum absolute atomic E-state index is 10.5. The molecule has 1 aliphatic rings. The van der Waals surface area contributed by atoms with Crippen LogP contribution < -0.4 is 5.32 Å². The number of rotatable bonds is 2. The molecule has 78 valence electrons. The first-order valence-corrected chi connectivity index (χ1v) is 5.92. The number of hydrogen-bond donors (Lipinski definition) is 2. The van der Waals surface area contributed by atoms with Gasteiger partial charge in [0.2, 0.25) is 0 Å². The highest BCUT2D eigenvalue weighted by Gasteiger charge is 2.36. The molecule has 0 bridgehead atoms. The number of aliphatic hydroxyl groups is 1. The second-order valence-corrected chi connectivity index (χ2v) is 5.54. The largest absolute Gasteiger partial charge is 0.384 e. The lowest BCUT2D eigenvalue weighted by molar-refractivity contribution is 0.00569. The summed E-state index contributed by atoms with van der Waals surface area (Å²) in [5, 5.41) is 13.8. The second kappa shape index (κ2) is 3.65. The summed E-state index contributed by atoms with van der Waals surface area (Å²) in [5.74, 6) is 0.362. The van der Waals surface area contributed by atoms with Gasteiger partial charge in [0.25, 0.3) is 0 Å². The summed E-state index contributed by atoms with van der Waals surface area (Å²) >= 11 is 1.70. The van der Waals surface area contributed by atoms with Crippen LogP contribution in [0.4, 0.5) is 0 Å². The van der Waals surface area contributed by atoms with E-state index in [9.17, 15) is 5.11 Å². The summed E-state index contributed by atoms with van der Waals surface area (Å²) in [7, 11) is 0. The van der Waals surface area contributed by atoms with Gasteiger partial charge in [-0.2, -0.15) is 0 Å². The summed E-state index contributed by atoms with van der Waals surface area (Å²) < 4.78 is 0. The van der Waals surface area contributed by atoms with Crippen molar-refractivity contribution >= 4 is 11.3 Å². The number of nitrogens with one attached hydrogen (secondary N) is 1. The third kappa shape index (κ3) is 1.72. The van der Waals surface area contributed by atoms with Crippen molar-refractivity contribution in [3.8, 4) is 0 Å². The number of thiophene rings is 1. The molecule has 1 saturated heterocycles. The van der Waals surface area contributed by atoms with E-state index in [0.717, 1.165) is 24.4 Å². The minimum atomic E-state index is -0.650. The molecule has 2 nitrogen and oxygen atoms in total. The number of aryl methyl sites for hydroxylation is 1. The fourth-order valence-electron chi connectivity index (χ4n) is 2.04. The maximum atomic E-state index is 10.5. The molecular weight excluding hydrogens is 194 g/mol. The molecule has 2 rings (SSSR count). The fourth-order valence-corrected chi connectivity index (χ4v) is 3.03. The van der Waals surface area contributed by atoms with Gasteiger partial charge in [0.05, 0.1) is 5.60 Å². The fraction of sp³-hybridized carbons (Fsp3) is 0.636. The first kappa shape index (κ1) is 10.1. The van der Waals surface area contributed by atoms with Gasteiger partial charge >= 0.3 is 0 Å². The van der Waals surface area contributed by atoms with Crippen molar-refractivity contribution in [1.82, 2.24) is 5.32 Å². The first-order chi connectivity index (χ1) is 6.60. The van der Waals surface area contributed by atoms with E-state index >= 15 is 0 Å². The van der Waals surface area contributed by atoms with Crippen molar-refractivity contribution in [3.05, 3.63) is 21.9 Å². The van der Waals surface area contributed by atoms with Crippen molar-refractivity contribution in [2.24, 2.45) is 5.92 Å². The van der Waals surface area contributed by atoms with E-state index in [2.05, 4.69) is 24.4 Å². The van der Waals surface area contributed by atoms with Crippen LogP contribution in [0.25, 0.3) is 0 Å². The Morgan fingerprint density at radius 3 is 2.86 bits per heavy atom. The van der Waals surface area contributed by atoms with Gasteiger partial charge in [0.15, 0.2) is 0 Å². The molecule has 1 fully saturated rings. The summed E-state index contributed by atoms with van der Waals surface area (Å²) in [6.45, 7) is 5.99. The quantitative estimate of drug-likeness (QED) is 0.783. The van der Waals surface area contributed by atoms with Gasteiger partial charge in [-0.3, -0.25) is 0 Å². The standard InChI is InChI=1S/C11H17NOS/c1-8-3-4-10(14-8)11(2,13)9-5-6-12-7-9/h3-4,9,12-13H,5-7H2,1-2H3. The minimum Gasteiger partial charge on any atom is -0.384 e. The Morgan fingerprint density at radius 1 is 1.57 bits per heavy atom. The highest BCUT2D eigenvalue weighted by Crippen LogP contribution is 2.36. The van der Waals surface area contributed by atoms with Crippen molar-refractivity contribution in [2.45, 2.75) is 25.9 Å². The Hall–Kier alpha value is -0.380. The number of hydrogen-bond acceptors (Lipinski definition) is 3. The van der Waals surface area contributed by atoms with E-state index in [1.54, 1.807) is 11.3 Å². The van der Waals surface area contributed by atoms with E-state index in [1.807, 2.05) is 6.92 Å². The highest BCUT2D eigenvalue weighted by molar-refractivity contribution is 7.12. The monoisotopic (exact) mass is 211 g/mol. The highest BCUT2D eigenvalue weighted by atomic mass is 32.1. The minimum absolute atomic E-state index is 0.362. The van der Waals surface area contributed by atoms with Crippen LogP contribution in [0.1, 0.15) is 23.1 Å². The van der Waals surface area contributed by atoms with Gasteiger partial charge in [-0.1, -0.05) is 0 Å². The Kier molecular flexibility index (Phi) is 2.64. The van der Waals surface area contributed by atoms with E-state index in [1.165, 1.54) is 4.88 Å². The third-order valence-corrected chi connectivity index (χ3v) is 4.32. The van der Waals surface area contributed by atoms with Crippen molar-refractivity contribution in [1.29, 1.82) is 0 Å². The summed E-state index contributed by atoms with van der Waals surface area (Å²) in [5.41, 5.74) is -0.650. The molecule has 3 heteroatoms. The molecule has 0 aromatic carbocycles. The molecule has 0 radical (unpaired) electrons. The molecule has 2 heterocycles.